The maximum absolute atomic E-state index is 13.8. The number of ether oxygens (including phenoxy) is 1. The van der Waals surface area contributed by atoms with Crippen molar-refractivity contribution in [1.82, 2.24) is 0 Å². The summed E-state index contributed by atoms with van der Waals surface area (Å²) in [4.78, 5) is 28.9. The Morgan fingerprint density at radius 2 is 1.58 bits per heavy atom. The molecule has 1 aliphatic heterocycles. The number of anilines is 1. The fourth-order valence-electron chi connectivity index (χ4n) is 4.50. The Bertz CT molecular complexity index is 1680. The fourth-order valence-corrected chi connectivity index (χ4v) is 4.86. The second-order valence-electron chi connectivity index (χ2n) is 8.36. The number of fused-ring (bicyclic) bond motifs is 2. The molecule has 4 aromatic carbocycles. The van der Waals surface area contributed by atoms with Gasteiger partial charge in [0.1, 0.15) is 22.9 Å². The summed E-state index contributed by atoms with van der Waals surface area (Å²) in [7, 11) is 0. The zero-order chi connectivity index (χ0) is 24.8. The first kappa shape index (κ1) is 22.2. The highest BCUT2D eigenvalue weighted by molar-refractivity contribution is 9.10. The van der Waals surface area contributed by atoms with Gasteiger partial charge in [0, 0.05) is 10.2 Å². The average Bonchev–Trinajstić information content (AvgIpc) is 3.18. The van der Waals surface area contributed by atoms with Gasteiger partial charge in [0.15, 0.2) is 5.43 Å². The third kappa shape index (κ3) is 3.78. The molecule has 176 valence electrons. The molecule has 6 rings (SSSR count). The molecular weight excluding hydrogens is 525 g/mol. The van der Waals surface area contributed by atoms with E-state index in [4.69, 9.17) is 9.15 Å². The van der Waals surface area contributed by atoms with E-state index in [0.29, 0.717) is 33.7 Å². The minimum atomic E-state index is -0.795. The van der Waals surface area contributed by atoms with Crippen LogP contribution in [0, 0.1) is 5.82 Å². The van der Waals surface area contributed by atoms with Gasteiger partial charge in [0.25, 0.3) is 5.91 Å². The molecule has 0 radical (unpaired) electrons. The van der Waals surface area contributed by atoms with Crippen LogP contribution in [0.5, 0.6) is 11.5 Å². The highest BCUT2D eigenvalue weighted by Gasteiger charge is 2.43. The third-order valence-electron chi connectivity index (χ3n) is 6.09. The fraction of sp³-hybridized carbons (Fsp3) is 0.0345. The van der Waals surface area contributed by atoms with Crippen LogP contribution >= 0.6 is 15.9 Å². The third-order valence-corrected chi connectivity index (χ3v) is 6.58. The number of amides is 1. The maximum Gasteiger partial charge on any atom is 0.295 e. The van der Waals surface area contributed by atoms with Crippen LogP contribution in [0.15, 0.2) is 111 Å². The number of rotatable bonds is 4. The molecule has 5 aromatic rings. The molecule has 0 bridgehead atoms. The SMILES string of the molecule is O=C1c2oc3ccc(Br)cc3c(=O)c2C(c2cccc(Oc3ccccc3)c2)N1c1ccc(F)cc1. The Hall–Kier alpha value is -4.23. The van der Waals surface area contributed by atoms with Gasteiger partial charge in [-0.05, 0) is 72.3 Å². The van der Waals surface area contributed by atoms with E-state index in [2.05, 4.69) is 15.9 Å². The first-order valence-corrected chi connectivity index (χ1v) is 12.0. The van der Waals surface area contributed by atoms with Crippen LogP contribution in [0.4, 0.5) is 10.1 Å². The highest BCUT2D eigenvalue weighted by atomic mass is 79.9. The van der Waals surface area contributed by atoms with Crippen LogP contribution < -0.4 is 15.1 Å². The van der Waals surface area contributed by atoms with E-state index in [9.17, 15) is 14.0 Å². The van der Waals surface area contributed by atoms with E-state index in [1.54, 1.807) is 36.4 Å². The number of carbonyl (C=O) groups excluding carboxylic acids is 1. The van der Waals surface area contributed by atoms with Crippen LogP contribution in [0.1, 0.15) is 27.7 Å². The molecule has 1 unspecified atom stereocenters. The Kier molecular flexibility index (Phi) is 5.42. The van der Waals surface area contributed by atoms with Crippen LogP contribution in [-0.2, 0) is 0 Å². The summed E-state index contributed by atoms with van der Waals surface area (Å²) in [6.45, 7) is 0. The molecule has 0 saturated heterocycles. The number of carbonyl (C=O) groups is 1. The Labute approximate surface area is 213 Å². The predicted molar refractivity (Wildman–Crippen MR) is 138 cm³/mol. The van der Waals surface area contributed by atoms with Crippen LogP contribution in [0.25, 0.3) is 11.0 Å². The molecule has 0 spiro atoms. The first-order chi connectivity index (χ1) is 17.5. The van der Waals surface area contributed by atoms with Gasteiger partial charge in [-0.25, -0.2) is 4.39 Å². The molecule has 5 nitrogen and oxygen atoms in total. The predicted octanol–water partition coefficient (Wildman–Crippen LogP) is 7.24. The molecule has 0 saturated carbocycles. The lowest BCUT2D eigenvalue weighted by Gasteiger charge is -2.25. The summed E-state index contributed by atoms with van der Waals surface area (Å²) in [5.41, 5.74) is 1.34. The lowest BCUT2D eigenvalue weighted by atomic mass is 9.98. The summed E-state index contributed by atoms with van der Waals surface area (Å²) < 4.78 is 26.4. The van der Waals surface area contributed by atoms with Gasteiger partial charge in [-0.2, -0.15) is 0 Å². The summed E-state index contributed by atoms with van der Waals surface area (Å²) in [5.74, 6) is 0.272. The van der Waals surface area contributed by atoms with Gasteiger partial charge < -0.3 is 9.15 Å². The van der Waals surface area contributed by atoms with Gasteiger partial charge in [-0.1, -0.05) is 46.3 Å². The molecule has 0 N–H and O–H groups in total. The molecule has 7 heteroatoms. The zero-order valence-corrected chi connectivity index (χ0v) is 20.2. The van der Waals surface area contributed by atoms with Gasteiger partial charge in [0.2, 0.25) is 5.76 Å². The summed E-state index contributed by atoms with van der Waals surface area (Å²) in [6.07, 6.45) is 0. The van der Waals surface area contributed by atoms with Crippen molar-refractivity contribution in [3.05, 3.63) is 134 Å². The Balaban J connectivity index is 1.55. The number of nitrogens with zero attached hydrogens (tertiary/aromatic N) is 1. The molecule has 1 atom stereocenters. The number of halogens is 2. The minimum absolute atomic E-state index is 0.0291. The molecule has 0 aliphatic carbocycles. The lowest BCUT2D eigenvalue weighted by molar-refractivity contribution is 0.0971. The van der Waals surface area contributed by atoms with Crippen molar-refractivity contribution in [2.45, 2.75) is 6.04 Å². The van der Waals surface area contributed by atoms with E-state index >= 15 is 0 Å². The molecular formula is C29H17BrFNO4. The number of hydrogen-bond acceptors (Lipinski definition) is 4. The first-order valence-electron chi connectivity index (χ1n) is 11.2. The maximum atomic E-state index is 13.8. The van der Waals surface area contributed by atoms with E-state index < -0.39 is 17.8 Å². The monoisotopic (exact) mass is 541 g/mol. The van der Waals surface area contributed by atoms with Crippen molar-refractivity contribution >= 4 is 38.5 Å². The second-order valence-corrected chi connectivity index (χ2v) is 9.27. The van der Waals surface area contributed by atoms with Gasteiger partial charge in [-0.15, -0.1) is 0 Å². The Morgan fingerprint density at radius 3 is 2.36 bits per heavy atom. The molecule has 0 fully saturated rings. The number of benzene rings is 4. The largest absolute Gasteiger partial charge is 0.457 e. The van der Waals surface area contributed by atoms with Gasteiger partial charge in [-0.3, -0.25) is 14.5 Å². The normalized spacial score (nSPS) is 14.8. The second kappa shape index (κ2) is 8.77. The molecule has 1 amide bonds. The van der Waals surface area contributed by atoms with E-state index in [0.717, 1.165) is 4.47 Å². The number of para-hydroxylation sites is 1. The van der Waals surface area contributed by atoms with Gasteiger partial charge >= 0.3 is 0 Å². The van der Waals surface area contributed by atoms with Crippen molar-refractivity contribution in [2.75, 3.05) is 4.90 Å². The molecule has 1 aliphatic rings. The lowest BCUT2D eigenvalue weighted by Crippen LogP contribution is -2.29. The van der Waals surface area contributed by atoms with Crippen molar-refractivity contribution in [3.8, 4) is 11.5 Å². The average molecular weight is 542 g/mol. The smallest absolute Gasteiger partial charge is 0.295 e. The zero-order valence-electron chi connectivity index (χ0n) is 18.7. The van der Waals surface area contributed by atoms with Crippen molar-refractivity contribution in [1.29, 1.82) is 0 Å². The quantitative estimate of drug-likeness (QED) is 0.240. The summed E-state index contributed by atoms with van der Waals surface area (Å²) in [6, 6.07) is 26.4. The number of hydrogen-bond donors (Lipinski definition) is 0. The van der Waals surface area contributed by atoms with E-state index in [1.165, 1.54) is 29.2 Å². The van der Waals surface area contributed by atoms with Crippen LogP contribution in [0.2, 0.25) is 0 Å². The van der Waals surface area contributed by atoms with E-state index in [-0.39, 0.29) is 16.8 Å². The minimum Gasteiger partial charge on any atom is -0.457 e. The standard InChI is InChI=1S/C29H17BrFNO4/c30-18-9-14-24-23(16-18)27(33)25-26(17-5-4-8-22(15-17)35-21-6-2-1-3-7-21)32(29(34)28(25)36-24)20-12-10-19(31)11-13-20/h1-16,26H. The van der Waals surface area contributed by atoms with Crippen molar-refractivity contribution < 1.29 is 18.3 Å². The topological polar surface area (TPSA) is 59.8 Å². The van der Waals surface area contributed by atoms with Crippen molar-refractivity contribution in [3.63, 3.8) is 0 Å². The van der Waals surface area contributed by atoms with Crippen LogP contribution in [-0.4, -0.2) is 5.91 Å². The van der Waals surface area contributed by atoms with Crippen molar-refractivity contribution in [2.24, 2.45) is 0 Å². The van der Waals surface area contributed by atoms with Gasteiger partial charge in [0.05, 0.1) is 17.0 Å². The van der Waals surface area contributed by atoms with Crippen LogP contribution in [0.3, 0.4) is 0 Å². The Morgan fingerprint density at radius 1 is 0.833 bits per heavy atom. The molecule has 1 aromatic heterocycles. The summed E-state index contributed by atoms with van der Waals surface area (Å²) >= 11 is 3.41. The summed E-state index contributed by atoms with van der Waals surface area (Å²) in [5, 5.41) is 0.360. The molecule has 36 heavy (non-hydrogen) atoms. The molecule has 2 heterocycles. The highest BCUT2D eigenvalue weighted by Crippen LogP contribution is 2.42. The van der Waals surface area contributed by atoms with E-state index in [1.807, 2.05) is 36.4 Å².